The summed E-state index contributed by atoms with van der Waals surface area (Å²) in [6, 6.07) is 5.82. The molecule has 0 bridgehead atoms. The van der Waals surface area contributed by atoms with E-state index in [1.807, 2.05) is 6.07 Å². The zero-order valence-electron chi connectivity index (χ0n) is 10.4. The molecule has 0 aliphatic carbocycles. The molecule has 1 aromatic carbocycles. The van der Waals surface area contributed by atoms with Gasteiger partial charge in [0.1, 0.15) is 18.0 Å². The highest BCUT2D eigenvalue weighted by atomic mass is 19.1. The number of hydrogen-bond acceptors (Lipinski definition) is 4. The number of aliphatic hydroxyl groups is 2. The molecule has 0 saturated heterocycles. The SMILES string of the molecule is CC(=O)NCC(O)C(O)c1cc(CC#N)ccc1F. The second kappa shape index (κ2) is 6.83. The van der Waals surface area contributed by atoms with Gasteiger partial charge in [-0.25, -0.2) is 4.39 Å². The number of aliphatic hydroxyl groups excluding tert-OH is 2. The van der Waals surface area contributed by atoms with Crippen molar-refractivity contribution in [3.05, 3.63) is 35.1 Å². The van der Waals surface area contributed by atoms with Crippen LogP contribution in [0.25, 0.3) is 0 Å². The van der Waals surface area contributed by atoms with Gasteiger partial charge in [0, 0.05) is 19.0 Å². The largest absolute Gasteiger partial charge is 0.388 e. The Kier molecular flexibility index (Phi) is 5.42. The Labute approximate surface area is 110 Å². The van der Waals surface area contributed by atoms with Crippen LogP contribution in [0.2, 0.25) is 0 Å². The third-order valence-corrected chi connectivity index (χ3v) is 2.59. The summed E-state index contributed by atoms with van der Waals surface area (Å²) < 4.78 is 13.6. The van der Waals surface area contributed by atoms with Crippen LogP contribution in [0.5, 0.6) is 0 Å². The fourth-order valence-corrected chi connectivity index (χ4v) is 1.59. The highest BCUT2D eigenvalue weighted by Gasteiger charge is 2.22. The summed E-state index contributed by atoms with van der Waals surface area (Å²) in [6.07, 6.45) is -2.71. The summed E-state index contributed by atoms with van der Waals surface area (Å²) >= 11 is 0. The lowest BCUT2D eigenvalue weighted by Crippen LogP contribution is -2.34. The number of carbonyl (C=O) groups is 1. The van der Waals surface area contributed by atoms with Gasteiger partial charge in [0.25, 0.3) is 0 Å². The Morgan fingerprint density at radius 3 is 2.79 bits per heavy atom. The van der Waals surface area contributed by atoms with Crippen LogP contribution in [0, 0.1) is 17.1 Å². The average molecular weight is 266 g/mol. The van der Waals surface area contributed by atoms with Gasteiger partial charge in [0.2, 0.25) is 5.91 Å². The van der Waals surface area contributed by atoms with Crippen LogP contribution in [0.4, 0.5) is 4.39 Å². The Balaban J connectivity index is 2.85. The summed E-state index contributed by atoms with van der Waals surface area (Å²) in [5.41, 5.74) is 0.454. The molecule has 1 aromatic rings. The van der Waals surface area contributed by atoms with E-state index in [-0.39, 0.29) is 24.4 Å². The van der Waals surface area contributed by atoms with Crippen molar-refractivity contribution in [2.45, 2.75) is 25.6 Å². The average Bonchev–Trinajstić information content (AvgIpc) is 2.37. The molecule has 0 heterocycles. The van der Waals surface area contributed by atoms with Crippen molar-refractivity contribution in [2.24, 2.45) is 0 Å². The maximum atomic E-state index is 13.6. The Morgan fingerprint density at radius 2 is 2.21 bits per heavy atom. The molecule has 6 heteroatoms. The predicted molar refractivity (Wildman–Crippen MR) is 65.4 cm³/mol. The van der Waals surface area contributed by atoms with Crippen molar-refractivity contribution >= 4 is 5.91 Å². The fourth-order valence-electron chi connectivity index (χ4n) is 1.59. The molecular weight excluding hydrogens is 251 g/mol. The van der Waals surface area contributed by atoms with E-state index in [1.54, 1.807) is 0 Å². The number of halogens is 1. The second-order valence-electron chi connectivity index (χ2n) is 4.14. The van der Waals surface area contributed by atoms with E-state index in [0.717, 1.165) is 6.07 Å². The first-order valence-corrected chi connectivity index (χ1v) is 5.71. The van der Waals surface area contributed by atoms with Gasteiger partial charge in [-0.1, -0.05) is 6.07 Å². The standard InChI is InChI=1S/C13H15FN2O3/c1-8(17)16-7-12(18)13(19)10-6-9(4-5-15)2-3-11(10)14/h2-3,6,12-13,18-19H,4,7H2,1H3,(H,16,17). The Hall–Kier alpha value is -1.97. The third kappa shape index (κ3) is 4.32. The van der Waals surface area contributed by atoms with Crippen LogP contribution < -0.4 is 5.32 Å². The number of carbonyl (C=O) groups excluding carboxylic acids is 1. The van der Waals surface area contributed by atoms with E-state index < -0.39 is 18.0 Å². The molecule has 1 amide bonds. The Bertz CT molecular complexity index is 499. The smallest absolute Gasteiger partial charge is 0.216 e. The van der Waals surface area contributed by atoms with E-state index >= 15 is 0 Å². The number of hydrogen-bond donors (Lipinski definition) is 3. The lowest BCUT2D eigenvalue weighted by Gasteiger charge is -2.19. The number of rotatable bonds is 5. The topological polar surface area (TPSA) is 93.3 Å². The molecule has 0 spiro atoms. The highest BCUT2D eigenvalue weighted by Crippen LogP contribution is 2.21. The molecule has 102 valence electrons. The normalized spacial score (nSPS) is 13.4. The number of amides is 1. The third-order valence-electron chi connectivity index (χ3n) is 2.59. The molecule has 5 nitrogen and oxygen atoms in total. The minimum Gasteiger partial charge on any atom is -0.388 e. The van der Waals surface area contributed by atoms with Gasteiger partial charge in [0.05, 0.1) is 12.5 Å². The summed E-state index contributed by atoms with van der Waals surface area (Å²) in [6.45, 7) is 1.09. The van der Waals surface area contributed by atoms with Crippen molar-refractivity contribution in [3.63, 3.8) is 0 Å². The number of nitrogens with one attached hydrogen (secondary N) is 1. The van der Waals surface area contributed by atoms with Gasteiger partial charge >= 0.3 is 0 Å². The maximum absolute atomic E-state index is 13.6. The van der Waals surface area contributed by atoms with Crippen LogP contribution in [0.1, 0.15) is 24.2 Å². The van der Waals surface area contributed by atoms with Crippen molar-refractivity contribution in [3.8, 4) is 6.07 Å². The van der Waals surface area contributed by atoms with Crippen LogP contribution in [0.3, 0.4) is 0 Å². The lowest BCUT2D eigenvalue weighted by atomic mass is 10.00. The van der Waals surface area contributed by atoms with Crippen molar-refractivity contribution in [2.75, 3.05) is 6.54 Å². The van der Waals surface area contributed by atoms with Crippen LogP contribution in [0.15, 0.2) is 18.2 Å². The van der Waals surface area contributed by atoms with Crippen LogP contribution >= 0.6 is 0 Å². The van der Waals surface area contributed by atoms with Crippen LogP contribution in [-0.2, 0) is 11.2 Å². The van der Waals surface area contributed by atoms with Gasteiger partial charge in [-0.3, -0.25) is 4.79 Å². The van der Waals surface area contributed by atoms with Gasteiger partial charge in [-0.15, -0.1) is 0 Å². The van der Waals surface area contributed by atoms with E-state index in [9.17, 15) is 19.4 Å². The first-order valence-electron chi connectivity index (χ1n) is 5.71. The molecule has 1 rings (SSSR count). The molecule has 19 heavy (non-hydrogen) atoms. The van der Waals surface area contributed by atoms with E-state index in [2.05, 4.69) is 5.32 Å². The second-order valence-corrected chi connectivity index (χ2v) is 4.14. The molecule has 3 N–H and O–H groups in total. The fraction of sp³-hybridized carbons (Fsp3) is 0.385. The van der Waals surface area contributed by atoms with Gasteiger partial charge in [-0.2, -0.15) is 5.26 Å². The highest BCUT2D eigenvalue weighted by molar-refractivity contribution is 5.72. The van der Waals surface area contributed by atoms with Crippen molar-refractivity contribution in [1.82, 2.24) is 5.32 Å². The molecule has 0 radical (unpaired) electrons. The van der Waals surface area contributed by atoms with E-state index in [0.29, 0.717) is 5.56 Å². The molecule has 0 aliphatic heterocycles. The zero-order chi connectivity index (χ0) is 14.4. The lowest BCUT2D eigenvalue weighted by molar-refractivity contribution is -0.119. The van der Waals surface area contributed by atoms with Crippen LogP contribution in [-0.4, -0.2) is 28.8 Å². The summed E-state index contributed by atoms with van der Waals surface area (Å²) in [4.78, 5) is 10.7. The molecule has 0 aliphatic rings. The first-order chi connectivity index (χ1) is 8.95. The summed E-state index contributed by atoms with van der Waals surface area (Å²) in [5, 5.41) is 30.4. The van der Waals surface area contributed by atoms with Gasteiger partial charge in [-0.05, 0) is 17.7 Å². The zero-order valence-corrected chi connectivity index (χ0v) is 10.4. The first kappa shape index (κ1) is 15.1. The molecule has 0 fully saturated rings. The van der Waals surface area contributed by atoms with Crippen molar-refractivity contribution < 1.29 is 19.4 Å². The quantitative estimate of drug-likeness (QED) is 0.720. The molecule has 2 unspecified atom stereocenters. The van der Waals surface area contributed by atoms with Gasteiger partial charge < -0.3 is 15.5 Å². The maximum Gasteiger partial charge on any atom is 0.216 e. The van der Waals surface area contributed by atoms with Gasteiger partial charge in [0.15, 0.2) is 0 Å². The monoisotopic (exact) mass is 266 g/mol. The van der Waals surface area contributed by atoms with E-state index in [1.165, 1.54) is 19.1 Å². The predicted octanol–water partition coefficient (Wildman–Crippen LogP) is 0.422. The molecule has 2 atom stereocenters. The summed E-state index contributed by atoms with van der Waals surface area (Å²) in [7, 11) is 0. The number of benzene rings is 1. The minimum atomic E-state index is -1.47. The number of nitriles is 1. The molecular formula is C13H15FN2O3. The van der Waals surface area contributed by atoms with E-state index in [4.69, 9.17) is 5.26 Å². The number of nitrogens with zero attached hydrogens (tertiary/aromatic N) is 1. The Morgan fingerprint density at radius 1 is 1.53 bits per heavy atom. The van der Waals surface area contributed by atoms with Crippen molar-refractivity contribution in [1.29, 1.82) is 5.26 Å². The minimum absolute atomic E-state index is 0.0851. The summed E-state index contributed by atoms with van der Waals surface area (Å²) in [5.74, 6) is -1.03. The molecule has 0 saturated carbocycles. The molecule has 0 aromatic heterocycles.